The summed E-state index contributed by atoms with van der Waals surface area (Å²) < 4.78 is 4.65. The van der Waals surface area contributed by atoms with Gasteiger partial charge < -0.3 is 15.6 Å². The van der Waals surface area contributed by atoms with Gasteiger partial charge in [-0.3, -0.25) is 10.1 Å². The molecule has 17 heavy (non-hydrogen) atoms. The van der Waals surface area contributed by atoms with Crippen LogP contribution in [-0.2, 0) is 4.74 Å². The second-order valence-electron chi connectivity index (χ2n) is 3.07. The summed E-state index contributed by atoms with van der Waals surface area (Å²) in [5.41, 5.74) is 4.32. The summed E-state index contributed by atoms with van der Waals surface area (Å²) in [7, 11) is 0. The standard InChI is InChI=1S/C10H10N2O5/c1-2-3-17-10(14)6-4-8(12(15)16)7(11)5-9(6)13/h2,4-5,13H,1,3,11H2. The number of rotatable bonds is 4. The molecule has 0 bridgehead atoms. The Bertz CT molecular complexity index is 484. The van der Waals surface area contributed by atoms with E-state index < -0.39 is 22.3 Å². The average molecular weight is 238 g/mol. The van der Waals surface area contributed by atoms with Gasteiger partial charge in [-0.05, 0) is 0 Å². The lowest BCUT2D eigenvalue weighted by Crippen LogP contribution is -2.07. The van der Waals surface area contributed by atoms with Crippen LogP contribution < -0.4 is 5.73 Å². The lowest BCUT2D eigenvalue weighted by atomic mass is 10.1. The lowest BCUT2D eigenvalue weighted by Gasteiger charge is -2.05. The number of anilines is 1. The van der Waals surface area contributed by atoms with Crippen molar-refractivity contribution in [1.82, 2.24) is 0 Å². The number of phenolic OH excluding ortho intramolecular Hbond substituents is 1. The van der Waals surface area contributed by atoms with Crippen molar-refractivity contribution in [3.8, 4) is 5.75 Å². The van der Waals surface area contributed by atoms with Crippen molar-refractivity contribution in [2.24, 2.45) is 0 Å². The molecule has 7 nitrogen and oxygen atoms in total. The number of hydrogen-bond acceptors (Lipinski definition) is 6. The molecule has 0 radical (unpaired) electrons. The summed E-state index contributed by atoms with van der Waals surface area (Å²) in [6, 6.07) is 1.80. The minimum Gasteiger partial charge on any atom is -0.507 e. The molecule has 0 saturated heterocycles. The number of phenols is 1. The monoisotopic (exact) mass is 238 g/mol. The molecule has 0 aromatic heterocycles. The normalized spacial score (nSPS) is 9.65. The van der Waals surface area contributed by atoms with Crippen LogP contribution in [0.5, 0.6) is 5.75 Å². The van der Waals surface area contributed by atoms with E-state index in [0.717, 1.165) is 12.1 Å². The smallest absolute Gasteiger partial charge is 0.342 e. The number of carbonyl (C=O) groups excluding carboxylic acids is 1. The highest BCUT2D eigenvalue weighted by Gasteiger charge is 2.20. The van der Waals surface area contributed by atoms with Gasteiger partial charge in [0.05, 0.1) is 4.92 Å². The van der Waals surface area contributed by atoms with Gasteiger partial charge in [0, 0.05) is 12.1 Å². The van der Waals surface area contributed by atoms with E-state index in [1.165, 1.54) is 6.08 Å². The fourth-order valence-electron chi connectivity index (χ4n) is 1.13. The van der Waals surface area contributed by atoms with Crippen LogP contribution in [0, 0.1) is 10.1 Å². The van der Waals surface area contributed by atoms with Gasteiger partial charge in [0.1, 0.15) is 23.6 Å². The third kappa shape index (κ3) is 2.71. The van der Waals surface area contributed by atoms with Gasteiger partial charge in [-0.15, -0.1) is 0 Å². The quantitative estimate of drug-likeness (QED) is 0.268. The Hall–Kier alpha value is -2.57. The Morgan fingerprint density at radius 3 is 2.82 bits per heavy atom. The first-order valence-electron chi connectivity index (χ1n) is 4.52. The maximum Gasteiger partial charge on any atom is 0.342 e. The van der Waals surface area contributed by atoms with Gasteiger partial charge in [0.25, 0.3) is 5.69 Å². The van der Waals surface area contributed by atoms with E-state index in [4.69, 9.17) is 5.73 Å². The number of ether oxygens (including phenoxy) is 1. The number of nitro benzene ring substituents is 1. The van der Waals surface area contributed by atoms with Crippen molar-refractivity contribution in [2.45, 2.75) is 0 Å². The maximum absolute atomic E-state index is 11.4. The highest BCUT2D eigenvalue weighted by Crippen LogP contribution is 2.30. The van der Waals surface area contributed by atoms with Gasteiger partial charge in [0.15, 0.2) is 0 Å². The van der Waals surface area contributed by atoms with E-state index in [0.29, 0.717) is 0 Å². The van der Waals surface area contributed by atoms with Crippen molar-refractivity contribution < 1.29 is 19.6 Å². The van der Waals surface area contributed by atoms with Crippen LogP contribution in [-0.4, -0.2) is 22.6 Å². The highest BCUT2D eigenvalue weighted by molar-refractivity contribution is 5.94. The maximum atomic E-state index is 11.4. The second kappa shape index (κ2) is 4.97. The second-order valence-corrected chi connectivity index (χ2v) is 3.07. The molecule has 0 aliphatic rings. The summed E-state index contributed by atoms with van der Waals surface area (Å²) in [4.78, 5) is 21.3. The topological polar surface area (TPSA) is 116 Å². The summed E-state index contributed by atoms with van der Waals surface area (Å²) in [6.45, 7) is 3.28. The third-order valence-corrected chi connectivity index (χ3v) is 1.89. The van der Waals surface area contributed by atoms with Crippen LogP contribution in [0.3, 0.4) is 0 Å². The Labute approximate surface area is 96.3 Å². The van der Waals surface area contributed by atoms with E-state index in [1.54, 1.807) is 0 Å². The first-order valence-corrected chi connectivity index (χ1v) is 4.52. The molecule has 0 atom stereocenters. The molecule has 0 aliphatic carbocycles. The number of esters is 1. The van der Waals surface area contributed by atoms with Crippen LogP contribution >= 0.6 is 0 Å². The minimum atomic E-state index is -0.884. The largest absolute Gasteiger partial charge is 0.507 e. The van der Waals surface area contributed by atoms with Crippen LogP contribution in [0.2, 0.25) is 0 Å². The molecular formula is C10H10N2O5. The van der Waals surface area contributed by atoms with Gasteiger partial charge in [-0.2, -0.15) is 0 Å². The van der Waals surface area contributed by atoms with Crippen molar-refractivity contribution in [3.05, 3.63) is 40.5 Å². The van der Waals surface area contributed by atoms with Crippen molar-refractivity contribution in [3.63, 3.8) is 0 Å². The van der Waals surface area contributed by atoms with Crippen molar-refractivity contribution in [1.29, 1.82) is 0 Å². The lowest BCUT2D eigenvalue weighted by molar-refractivity contribution is -0.383. The van der Waals surface area contributed by atoms with Gasteiger partial charge in [-0.25, -0.2) is 4.79 Å². The molecule has 1 aromatic carbocycles. The van der Waals surface area contributed by atoms with Crippen molar-refractivity contribution in [2.75, 3.05) is 12.3 Å². The summed E-state index contributed by atoms with van der Waals surface area (Å²) in [6.07, 6.45) is 1.33. The first kappa shape index (κ1) is 12.5. The fourth-order valence-corrected chi connectivity index (χ4v) is 1.13. The molecule has 0 spiro atoms. The number of aromatic hydroxyl groups is 1. The number of benzene rings is 1. The van der Waals surface area contributed by atoms with E-state index in [1.807, 2.05) is 0 Å². The van der Waals surface area contributed by atoms with Crippen LogP contribution in [0.15, 0.2) is 24.8 Å². The molecule has 1 rings (SSSR count). The zero-order valence-corrected chi connectivity index (χ0v) is 8.75. The van der Waals surface area contributed by atoms with Crippen LogP contribution in [0.4, 0.5) is 11.4 Å². The summed E-state index contributed by atoms with van der Waals surface area (Å²) in [5, 5.41) is 20.0. The number of hydrogen-bond donors (Lipinski definition) is 2. The molecular weight excluding hydrogens is 228 g/mol. The Morgan fingerprint density at radius 1 is 1.65 bits per heavy atom. The SMILES string of the molecule is C=CCOC(=O)c1cc([N+](=O)[O-])c(N)cc1O. The zero-order chi connectivity index (χ0) is 13.0. The Kier molecular flexibility index (Phi) is 3.66. The number of nitrogens with zero attached hydrogens (tertiary/aromatic N) is 1. The molecule has 0 saturated carbocycles. The molecule has 3 N–H and O–H groups in total. The minimum absolute atomic E-state index is 0.0591. The van der Waals surface area contributed by atoms with Crippen LogP contribution in [0.1, 0.15) is 10.4 Å². The zero-order valence-electron chi connectivity index (χ0n) is 8.75. The molecule has 0 unspecified atom stereocenters. The van der Waals surface area contributed by atoms with E-state index in [2.05, 4.69) is 11.3 Å². The molecule has 0 aliphatic heterocycles. The van der Waals surface area contributed by atoms with Gasteiger partial charge in [-0.1, -0.05) is 12.7 Å². The fraction of sp³-hybridized carbons (Fsp3) is 0.100. The van der Waals surface area contributed by atoms with E-state index in [-0.39, 0.29) is 17.9 Å². The first-order chi connectivity index (χ1) is 7.97. The predicted octanol–water partition coefficient (Wildman–Crippen LogP) is 1.23. The Morgan fingerprint density at radius 2 is 2.29 bits per heavy atom. The van der Waals surface area contributed by atoms with Crippen molar-refractivity contribution >= 4 is 17.3 Å². The highest BCUT2D eigenvalue weighted by atomic mass is 16.6. The molecule has 7 heteroatoms. The molecule has 0 fully saturated rings. The van der Waals surface area contributed by atoms with E-state index >= 15 is 0 Å². The van der Waals surface area contributed by atoms with Gasteiger partial charge >= 0.3 is 5.97 Å². The summed E-state index contributed by atoms with van der Waals surface area (Å²) in [5.74, 6) is -1.35. The molecule has 0 amide bonds. The van der Waals surface area contributed by atoms with Crippen LogP contribution in [0.25, 0.3) is 0 Å². The number of nitrogen functional groups attached to an aromatic ring is 1. The average Bonchev–Trinajstić information content (AvgIpc) is 2.25. The number of carbonyl (C=O) groups is 1. The predicted molar refractivity (Wildman–Crippen MR) is 59.7 cm³/mol. The molecule has 1 aromatic rings. The van der Waals surface area contributed by atoms with Gasteiger partial charge in [0.2, 0.25) is 0 Å². The molecule has 90 valence electrons. The third-order valence-electron chi connectivity index (χ3n) is 1.89. The van der Waals surface area contributed by atoms with E-state index in [9.17, 15) is 20.0 Å². The molecule has 0 heterocycles. The summed E-state index contributed by atoms with van der Waals surface area (Å²) >= 11 is 0. The number of nitrogens with two attached hydrogens (primary N) is 1. The number of nitro groups is 1. The Balaban J connectivity index is 3.15.